The van der Waals surface area contributed by atoms with E-state index >= 15 is 0 Å². The second-order valence-corrected chi connectivity index (χ2v) is 10.6. The van der Waals surface area contributed by atoms with E-state index in [1.54, 1.807) is 0 Å². The second kappa shape index (κ2) is 13.1. The molecular formula is C29H40ClN3O2. The van der Waals surface area contributed by atoms with Crippen LogP contribution in [0.4, 0.5) is 5.69 Å². The summed E-state index contributed by atoms with van der Waals surface area (Å²) in [4.78, 5) is 27.3. The normalized spacial score (nSPS) is 15.1. The Morgan fingerprint density at radius 3 is 2.46 bits per heavy atom. The number of carbonyl (C=O) groups excluding carboxylic acids is 2. The number of unbranched alkanes of at least 4 members (excludes halogenated alkanes) is 1. The van der Waals surface area contributed by atoms with Crippen LogP contribution in [0.25, 0.3) is 0 Å². The summed E-state index contributed by atoms with van der Waals surface area (Å²) in [6.07, 6.45) is 5.70. The fourth-order valence-electron chi connectivity index (χ4n) is 4.64. The van der Waals surface area contributed by atoms with Gasteiger partial charge in [-0.2, -0.15) is 0 Å². The maximum Gasteiger partial charge on any atom is 0.230 e. The van der Waals surface area contributed by atoms with E-state index in [0.29, 0.717) is 23.9 Å². The van der Waals surface area contributed by atoms with Crippen molar-refractivity contribution in [3.8, 4) is 0 Å². The van der Waals surface area contributed by atoms with Crippen LogP contribution >= 0.6 is 11.6 Å². The minimum atomic E-state index is -0.590. The number of nitrogens with zero attached hydrogens (tertiary/aromatic N) is 1. The number of amides is 2. The number of hydrogen-bond acceptors (Lipinski definition) is 3. The van der Waals surface area contributed by atoms with Gasteiger partial charge >= 0.3 is 0 Å². The Morgan fingerprint density at radius 2 is 1.77 bits per heavy atom. The van der Waals surface area contributed by atoms with Crippen LogP contribution in [0, 0.1) is 0 Å². The Kier molecular flexibility index (Phi) is 10.2. The van der Waals surface area contributed by atoms with Gasteiger partial charge in [-0.05, 0) is 100 Å². The molecule has 1 heterocycles. The predicted molar refractivity (Wildman–Crippen MR) is 145 cm³/mol. The van der Waals surface area contributed by atoms with E-state index in [1.807, 2.05) is 50.2 Å². The van der Waals surface area contributed by atoms with Crippen molar-refractivity contribution in [1.82, 2.24) is 10.2 Å². The van der Waals surface area contributed by atoms with Gasteiger partial charge < -0.3 is 15.5 Å². The van der Waals surface area contributed by atoms with Crippen molar-refractivity contribution in [3.63, 3.8) is 0 Å². The molecule has 0 saturated carbocycles. The van der Waals surface area contributed by atoms with Crippen LogP contribution in [0.15, 0.2) is 48.5 Å². The van der Waals surface area contributed by atoms with E-state index in [4.69, 9.17) is 11.6 Å². The van der Waals surface area contributed by atoms with Crippen LogP contribution in [-0.4, -0.2) is 42.9 Å². The largest absolute Gasteiger partial charge is 0.355 e. The molecule has 0 atom stereocenters. The molecule has 0 bridgehead atoms. The first kappa shape index (κ1) is 27.2. The lowest BCUT2D eigenvalue weighted by Crippen LogP contribution is -2.41. The molecule has 5 nitrogen and oxygen atoms in total. The SMILES string of the molecule is CCCCC(=O)Nc1cccc(C2CCN(CCCNC(=O)C(C)(C)c3ccc(Cl)cc3)CC2)c1. The molecule has 2 aromatic carbocycles. The molecular weight excluding hydrogens is 458 g/mol. The van der Waals surface area contributed by atoms with Crippen molar-refractivity contribution in [2.45, 2.75) is 70.6 Å². The van der Waals surface area contributed by atoms with Gasteiger partial charge in [-0.25, -0.2) is 0 Å². The standard InChI is InChI=1S/C29H40ClN3O2/c1-4-5-10-27(34)32-26-9-6-8-23(21-26)22-15-19-33(20-16-22)18-7-17-31-28(35)29(2,3)24-11-13-25(30)14-12-24/h6,8-9,11-14,21-22H,4-5,7,10,15-20H2,1-3H3,(H,31,35)(H,32,34). The van der Waals surface area contributed by atoms with E-state index in [0.717, 1.165) is 63.0 Å². The average molecular weight is 498 g/mol. The number of hydrogen-bond donors (Lipinski definition) is 2. The van der Waals surface area contributed by atoms with Gasteiger partial charge in [0.25, 0.3) is 0 Å². The van der Waals surface area contributed by atoms with E-state index in [9.17, 15) is 9.59 Å². The molecule has 1 saturated heterocycles. The highest BCUT2D eigenvalue weighted by Gasteiger charge is 2.29. The number of nitrogens with one attached hydrogen (secondary N) is 2. The van der Waals surface area contributed by atoms with Crippen molar-refractivity contribution in [2.24, 2.45) is 0 Å². The molecule has 190 valence electrons. The van der Waals surface area contributed by atoms with Crippen molar-refractivity contribution in [1.29, 1.82) is 0 Å². The van der Waals surface area contributed by atoms with E-state index in [1.165, 1.54) is 5.56 Å². The molecule has 1 aliphatic heterocycles. The van der Waals surface area contributed by atoms with E-state index < -0.39 is 5.41 Å². The molecule has 2 amide bonds. The van der Waals surface area contributed by atoms with Crippen LogP contribution in [0.5, 0.6) is 0 Å². The minimum Gasteiger partial charge on any atom is -0.355 e. The van der Waals surface area contributed by atoms with E-state index in [2.05, 4.69) is 34.6 Å². The summed E-state index contributed by atoms with van der Waals surface area (Å²) in [5.41, 5.74) is 2.59. The lowest BCUT2D eigenvalue weighted by molar-refractivity contribution is -0.125. The van der Waals surface area contributed by atoms with Crippen LogP contribution in [0.2, 0.25) is 5.02 Å². The molecule has 0 unspecified atom stereocenters. The van der Waals surface area contributed by atoms with Gasteiger partial charge in [0.2, 0.25) is 11.8 Å². The zero-order valence-electron chi connectivity index (χ0n) is 21.4. The van der Waals surface area contributed by atoms with Gasteiger partial charge in [-0.3, -0.25) is 9.59 Å². The van der Waals surface area contributed by atoms with Crippen molar-refractivity contribution < 1.29 is 9.59 Å². The summed E-state index contributed by atoms with van der Waals surface area (Å²) in [5, 5.41) is 6.83. The number of halogens is 1. The monoisotopic (exact) mass is 497 g/mol. The molecule has 2 aromatic rings. The molecule has 0 aliphatic carbocycles. The summed E-state index contributed by atoms with van der Waals surface area (Å²) in [7, 11) is 0. The van der Waals surface area contributed by atoms with Crippen molar-refractivity contribution in [3.05, 3.63) is 64.7 Å². The summed E-state index contributed by atoms with van der Waals surface area (Å²) >= 11 is 5.98. The van der Waals surface area contributed by atoms with Crippen LogP contribution in [0.1, 0.15) is 76.3 Å². The third-order valence-corrected chi connectivity index (χ3v) is 7.31. The van der Waals surface area contributed by atoms with Gasteiger partial charge in [0.05, 0.1) is 5.41 Å². The van der Waals surface area contributed by atoms with Crippen LogP contribution in [-0.2, 0) is 15.0 Å². The molecule has 0 aromatic heterocycles. The molecule has 0 radical (unpaired) electrons. The highest BCUT2D eigenvalue weighted by atomic mass is 35.5. The van der Waals surface area contributed by atoms with Crippen molar-refractivity contribution >= 4 is 29.1 Å². The van der Waals surface area contributed by atoms with Gasteiger partial charge in [0.1, 0.15) is 0 Å². The fourth-order valence-corrected chi connectivity index (χ4v) is 4.77. The quantitative estimate of drug-likeness (QED) is 0.367. The third-order valence-electron chi connectivity index (χ3n) is 7.06. The van der Waals surface area contributed by atoms with Gasteiger partial charge in [-0.15, -0.1) is 0 Å². The molecule has 3 rings (SSSR count). The maximum atomic E-state index is 12.8. The summed E-state index contributed by atoms with van der Waals surface area (Å²) in [6, 6.07) is 15.8. The average Bonchev–Trinajstić information content (AvgIpc) is 2.86. The Hall–Kier alpha value is -2.37. The first-order valence-electron chi connectivity index (χ1n) is 13.0. The number of rotatable bonds is 11. The lowest BCUT2D eigenvalue weighted by Gasteiger charge is -2.32. The van der Waals surface area contributed by atoms with Gasteiger partial charge in [0.15, 0.2) is 0 Å². The maximum absolute atomic E-state index is 12.8. The topological polar surface area (TPSA) is 61.4 Å². The summed E-state index contributed by atoms with van der Waals surface area (Å²) in [6.45, 7) is 9.77. The Balaban J connectivity index is 1.38. The lowest BCUT2D eigenvalue weighted by atomic mass is 9.84. The zero-order valence-corrected chi connectivity index (χ0v) is 22.2. The number of piperidine rings is 1. The predicted octanol–water partition coefficient (Wildman–Crippen LogP) is 6.13. The third kappa shape index (κ3) is 8.08. The second-order valence-electron chi connectivity index (χ2n) is 10.1. The number of anilines is 1. The first-order chi connectivity index (χ1) is 16.8. The number of carbonyl (C=O) groups is 2. The molecule has 2 N–H and O–H groups in total. The van der Waals surface area contributed by atoms with Gasteiger partial charge in [-0.1, -0.05) is 49.2 Å². The Labute approximate surface area is 215 Å². The fraction of sp³-hybridized carbons (Fsp3) is 0.517. The van der Waals surface area contributed by atoms with E-state index in [-0.39, 0.29) is 11.8 Å². The summed E-state index contributed by atoms with van der Waals surface area (Å²) in [5.74, 6) is 0.668. The Morgan fingerprint density at radius 1 is 1.06 bits per heavy atom. The molecule has 6 heteroatoms. The highest BCUT2D eigenvalue weighted by molar-refractivity contribution is 6.30. The zero-order chi connectivity index (χ0) is 25.3. The van der Waals surface area contributed by atoms with Crippen LogP contribution in [0.3, 0.4) is 0 Å². The smallest absolute Gasteiger partial charge is 0.230 e. The highest BCUT2D eigenvalue weighted by Crippen LogP contribution is 2.30. The molecule has 35 heavy (non-hydrogen) atoms. The molecule has 0 spiro atoms. The van der Waals surface area contributed by atoms with Crippen molar-refractivity contribution in [2.75, 3.05) is 31.5 Å². The van der Waals surface area contributed by atoms with Gasteiger partial charge in [0, 0.05) is 23.7 Å². The first-order valence-corrected chi connectivity index (χ1v) is 13.3. The summed E-state index contributed by atoms with van der Waals surface area (Å²) < 4.78 is 0. The number of benzene rings is 2. The Bertz CT molecular complexity index is 966. The minimum absolute atomic E-state index is 0.0418. The number of likely N-dealkylation sites (tertiary alicyclic amines) is 1. The molecule has 1 fully saturated rings. The molecule has 1 aliphatic rings. The van der Waals surface area contributed by atoms with Crippen LogP contribution < -0.4 is 10.6 Å².